The average Bonchev–Trinajstić information content (AvgIpc) is 2.30. The normalized spacial score (nSPS) is 12.3. The van der Waals surface area contributed by atoms with Crippen LogP contribution in [0.4, 0.5) is 0 Å². The second kappa shape index (κ2) is 6.87. The lowest BCUT2D eigenvalue weighted by Gasteiger charge is -2.13. The van der Waals surface area contributed by atoms with Crippen LogP contribution in [0.3, 0.4) is 0 Å². The van der Waals surface area contributed by atoms with Crippen LogP contribution in [0.25, 0.3) is 0 Å². The summed E-state index contributed by atoms with van der Waals surface area (Å²) in [6.07, 6.45) is 0.923. The fourth-order valence-electron chi connectivity index (χ4n) is 1.35. The van der Waals surface area contributed by atoms with E-state index in [-0.39, 0.29) is 0 Å². The van der Waals surface area contributed by atoms with Gasteiger partial charge < -0.3 is 9.47 Å². The maximum atomic E-state index is 5.27. The van der Waals surface area contributed by atoms with Crippen LogP contribution in [0.5, 0.6) is 11.5 Å². The number of hydrogen-bond donors (Lipinski definition) is 0. The number of methoxy groups -OCH3 is 2. The van der Waals surface area contributed by atoms with E-state index in [1.807, 2.05) is 12.1 Å². The minimum Gasteiger partial charge on any atom is -0.493 e. The average molecular weight is 417 g/mol. The molecule has 0 heterocycles. The molecule has 0 unspecified atom stereocenters. The third-order valence-corrected chi connectivity index (χ3v) is 5.20. The Labute approximate surface area is 121 Å². The molecular formula is C11H13Br3O2. The lowest BCUT2D eigenvalue weighted by Crippen LogP contribution is -2.05. The molecular weight excluding hydrogens is 404 g/mol. The lowest BCUT2D eigenvalue weighted by molar-refractivity contribution is 0.354. The van der Waals surface area contributed by atoms with Gasteiger partial charge in [0.2, 0.25) is 0 Å². The molecule has 0 saturated heterocycles. The van der Waals surface area contributed by atoms with Gasteiger partial charge in [0.15, 0.2) is 11.5 Å². The van der Waals surface area contributed by atoms with Crippen molar-refractivity contribution in [3.8, 4) is 11.5 Å². The molecule has 1 rings (SSSR count). The van der Waals surface area contributed by atoms with Crippen molar-refractivity contribution in [1.29, 1.82) is 0 Å². The van der Waals surface area contributed by atoms with E-state index in [1.165, 1.54) is 5.56 Å². The van der Waals surface area contributed by atoms with Gasteiger partial charge in [-0.15, -0.1) is 0 Å². The fourth-order valence-corrected chi connectivity index (χ4v) is 2.41. The Morgan fingerprint density at radius 2 is 1.75 bits per heavy atom. The van der Waals surface area contributed by atoms with Crippen molar-refractivity contribution < 1.29 is 9.47 Å². The van der Waals surface area contributed by atoms with E-state index >= 15 is 0 Å². The Bertz CT molecular complexity index is 355. The minimum absolute atomic E-state index is 0.405. The predicted octanol–water partition coefficient (Wildman–Crippen LogP) is 4.17. The second-order valence-corrected chi connectivity index (χ2v) is 6.05. The molecule has 0 aromatic heterocycles. The highest BCUT2D eigenvalue weighted by molar-refractivity contribution is 9.12. The third-order valence-electron chi connectivity index (χ3n) is 2.16. The van der Waals surface area contributed by atoms with Crippen LogP contribution in [0.15, 0.2) is 16.6 Å². The Balaban J connectivity index is 3.01. The predicted molar refractivity (Wildman–Crippen MR) is 77.5 cm³/mol. The van der Waals surface area contributed by atoms with E-state index in [0.717, 1.165) is 27.7 Å². The zero-order valence-corrected chi connectivity index (χ0v) is 13.9. The van der Waals surface area contributed by atoms with E-state index < -0.39 is 0 Å². The molecule has 16 heavy (non-hydrogen) atoms. The number of hydrogen-bond acceptors (Lipinski definition) is 2. The van der Waals surface area contributed by atoms with Crippen LogP contribution in [0.1, 0.15) is 5.56 Å². The summed E-state index contributed by atoms with van der Waals surface area (Å²) >= 11 is 10.6. The molecule has 0 amide bonds. The smallest absolute Gasteiger partial charge is 0.161 e. The van der Waals surface area contributed by atoms with Crippen molar-refractivity contribution in [2.75, 3.05) is 19.5 Å². The van der Waals surface area contributed by atoms with E-state index in [2.05, 4.69) is 47.8 Å². The third kappa shape index (κ3) is 3.64. The Morgan fingerprint density at radius 3 is 2.25 bits per heavy atom. The van der Waals surface area contributed by atoms with Gasteiger partial charge in [-0.3, -0.25) is 0 Å². The van der Waals surface area contributed by atoms with E-state index in [1.54, 1.807) is 14.2 Å². The second-order valence-electron chi connectivity index (χ2n) is 3.25. The topological polar surface area (TPSA) is 18.5 Å². The van der Waals surface area contributed by atoms with E-state index in [4.69, 9.17) is 9.47 Å². The van der Waals surface area contributed by atoms with Crippen LogP contribution in [0.2, 0.25) is 0 Å². The van der Waals surface area contributed by atoms with Crippen molar-refractivity contribution in [1.82, 2.24) is 0 Å². The summed E-state index contributed by atoms with van der Waals surface area (Å²) in [6, 6.07) is 3.93. The molecule has 90 valence electrons. The zero-order valence-electron chi connectivity index (χ0n) is 9.10. The fraction of sp³-hybridized carbons (Fsp3) is 0.455. The summed E-state index contributed by atoms with van der Waals surface area (Å²) in [5.41, 5.74) is 1.19. The van der Waals surface area contributed by atoms with Gasteiger partial charge in [-0.25, -0.2) is 0 Å². The molecule has 0 fully saturated rings. The molecule has 1 aromatic rings. The lowest BCUT2D eigenvalue weighted by atomic mass is 10.1. The van der Waals surface area contributed by atoms with Gasteiger partial charge in [0.1, 0.15) is 0 Å². The van der Waals surface area contributed by atoms with E-state index in [0.29, 0.717) is 4.83 Å². The van der Waals surface area contributed by atoms with Gasteiger partial charge in [0.25, 0.3) is 0 Å². The van der Waals surface area contributed by atoms with Crippen LogP contribution in [0, 0.1) is 0 Å². The molecule has 0 saturated carbocycles. The molecule has 0 spiro atoms. The summed E-state index contributed by atoms with van der Waals surface area (Å²) in [5, 5.41) is 0.911. The molecule has 1 atom stereocenters. The Hall–Kier alpha value is 0.260. The Kier molecular flexibility index (Phi) is 6.15. The molecule has 0 N–H and O–H groups in total. The van der Waals surface area contributed by atoms with Crippen LogP contribution in [-0.4, -0.2) is 24.4 Å². The standard InChI is InChI=1S/C11H13Br3O2/c1-15-10-4-7(3-8(13)6-12)9(14)5-11(10)16-2/h4-5,8H,3,6H2,1-2H3/t8-/m0/s1. The van der Waals surface area contributed by atoms with Crippen LogP contribution in [-0.2, 0) is 6.42 Å². The van der Waals surface area contributed by atoms with Gasteiger partial charge in [-0.05, 0) is 24.1 Å². The quantitative estimate of drug-likeness (QED) is 0.671. The van der Waals surface area contributed by atoms with Crippen LogP contribution < -0.4 is 9.47 Å². The SMILES string of the molecule is COc1cc(Br)c(C[C@H](Br)CBr)cc1OC. The number of halogens is 3. The van der Waals surface area contributed by atoms with Gasteiger partial charge in [0, 0.05) is 14.6 Å². The molecule has 0 aliphatic carbocycles. The summed E-state index contributed by atoms with van der Waals surface area (Å²) in [4.78, 5) is 0.405. The first kappa shape index (κ1) is 14.3. The van der Waals surface area contributed by atoms with Crippen molar-refractivity contribution in [2.24, 2.45) is 0 Å². The van der Waals surface area contributed by atoms with Gasteiger partial charge in [0.05, 0.1) is 14.2 Å². The summed E-state index contributed by atoms with van der Waals surface area (Å²) in [5.74, 6) is 1.50. The number of ether oxygens (including phenoxy) is 2. The molecule has 2 nitrogen and oxygen atoms in total. The molecule has 0 bridgehead atoms. The molecule has 0 aliphatic rings. The number of rotatable bonds is 5. The van der Waals surface area contributed by atoms with Gasteiger partial charge >= 0.3 is 0 Å². The largest absolute Gasteiger partial charge is 0.493 e. The molecule has 0 aliphatic heterocycles. The first-order valence-corrected chi connectivity index (χ1v) is 7.55. The Morgan fingerprint density at radius 1 is 1.19 bits per heavy atom. The minimum atomic E-state index is 0.405. The maximum absolute atomic E-state index is 5.27. The van der Waals surface area contributed by atoms with Crippen molar-refractivity contribution >= 4 is 47.8 Å². The maximum Gasteiger partial charge on any atom is 0.161 e. The van der Waals surface area contributed by atoms with E-state index in [9.17, 15) is 0 Å². The number of alkyl halides is 2. The number of benzene rings is 1. The molecule has 1 aromatic carbocycles. The van der Waals surface area contributed by atoms with Gasteiger partial charge in [-0.1, -0.05) is 47.8 Å². The zero-order chi connectivity index (χ0) is 12.1. The first-order valence-electron chi connectivity index (χ1n) is 4.72. The highest BCUT2D eigenvalue weighted by Gasteiger charge is 2.12. The summed E-state index contributed by atoms with van der Waals surface area (Å²) < 4.78 is 11.5. The summed E-state index contributed by atoms with van der Waals surface area (Å²) in [7, 11) is 3.28. The highest BCUT2D eigenvalue weighted by atomic mass is 79.9. The molecule has 5 heteroatoms. The summed E-state index contributed by atoms with van der Waals surface area (Å²) in [6.45, 7) is 0. The highest BCUT2D eigenvalue weighted by Crippen LogP contribution is 2.34. The van der Waals surface area contributed by atoms with Crippen molar-refractivity contribution in [3.63, 3.8) is 0 Å². The van der Waals surface area contributed by atoms with Crippen LogP contribution >= 0.6 is 47.8 Å². The molecule has 0 radical (unpaired) electrons. The van der Waals surface area contributed by atoms with Crippen molar-refractivity contribution in [3.05, 3.63) is 22.2 Å². The monoisotopic (exact) mass is 414 g/mol. The van der Waals surface area contributed by atoms with Crippen molar-refractivity contribution in [2.45, 2.75) is 11.2 Å². The first-order chi connectivity index (χ1) is 7.62. The van der Waals surface area contributed by atoms with Gasteiger partial charge in [-0.2, -0.15) is 0 Å².